The van der Waals surface area contributed by atoms with E-state index >= 15 is 0 Å². The second kappa shape index (κ2) is 8.29. The number of nitrogens with zero attached hydrogens (tertiary/aromatic N) is 2. The Morgan fingerprint density at radius 1 is 1.39 bits per heavy atom. The first-order valence-corrected chi connectivity index (χ1v) is 8.52. The Morgan fingerprint density at radius 2 is 2.17 bits per heavy atom. The van der Waals surface area contributed by atoms with Crippen LogP contribution in [0, 0.1) is 5.92 Å². The standard InChI is InChI=1S/C16H27N3O4/c1-2-18-8-4-5-13(18)11-19-10-12(9-14(19)20)16(23)17-7-3-6-15(21)22/h12-13H,2-11H2,1H3,(H,17,23)(H,21,22). The van der Waals surface area contributed by atoms with Crippen LogP contribution in [0.5, 0.6) is 0 Å². The molecule has 2 rings (SSSR count). The monoisotopic (exact) mass is 325 g/mol. The van der Waals surface area contributed by atoms with Gasteiger partial charge in [0.2, 0.25) is 11.8 Å². The van der Waals surface area contributed by atoms with E-state index in [4.69, 9.17) is 5.11 Å². The molecule has 23 heavy (non-hydrogen) atoms. The van der Waals surface area contributed by atoms with Gasteiger partial charge in [-0.15, -0.1) is 0 Å². The molecule has 0 aromatic rings. The average molecular weight is 325 g/mol. The van der Waals surface area contributed by atoms with Crippen LogP contribution in [0.2, 0.25) is 0 Å². The Hall–Kier alpha value is -1.63. The van der Waals surface area contributed by atoms with Gasteiger partial charge in [0.05, 0.1) is 5.92 Å². The summed E-state index contributed by atoms with van der Waals surface area (Å²) < 4.78 is 0. The zero-order valence-corrected chi connectivity index (χ0v) is 13.8. The molecule has 2 aliphatic rings. The van der Waals surface area contributed by atoms with Gasteiger partial charge >= 0.3 is 5.97 Å². The number of rotatable bonds is 8. The minimum absolute atomic E-state index is 0.0462. The van der Waals surface area contributed by atoms with Gasteiger partial charge < -0.3 is 15.3 Å². The molecule has 2 saturated heterocycles. The summed E-state index contributed by atoms with van der Waals surface area (Å²) >= 11 is 0. The van der Waals surface area contributed by atoms with Crippen molar-refractivity contribution >= 4 is 17.8 Å². The van der Waals surface area contributed by atoms with Crippen LogP contribution in [-0.2, 0) is 14.4 Å². The lowest BCUT2D eigenvalue weighted by Crippen LogP contribution is -2.41. The third kappa shape index (κ3) is 4.92. The van der Waals surface area contributed by atoms with Crippen molar-refractivity contribution < 1.29 is 19.5 Å². The number of carbonyl (C=O) groups excluding carboxylic acids is 2. The Balaban J connectivity index is 1.75. The lowest BCUT2D eigenvalue weighted by atomic mass is 10.1. The summed E-state index contributed by atoms with van der Waals surface area (Å²) in [5, 5.41) is 11.3. The number of nitrogens with one attached hydrogen (secondary N) is 1. The number of carboxylic acid groups (broad SMARTS) is 1. The summed E-state index contributed by atoms with van der Waals surface area (Å²) in [7, 11) is 0. The quantitative estimate of drug-likeness (QED) is 0.627. The Labute approximate surface area is 137 Å². The highest BCUT2D eigenvalue weighted by molar-refractivity contribution is 5.89. The molecule has 2 N–H and O–H groups in total. The van der Waals surface area contributed by atoms with E-state index in [0.717, 1.165) is 26.1 Å². The van der Waals surface area contributed by atoms with Crippen LogP contribution in [0.25, 0.3) is 0 Å². The highest BCUT2D eigenvalue weighted by Gasteiger charge is 2.36. The van der Waals surface area contributed by atoms with Gasteiger partial charge in [-0.25, -0.2) is 0 Å². The molecule has 0 saturated carbocycles. The number of likely N-dealkylation sites (tertiary alicyclic amines) is 2. The predicted molar refractivity (Wildman–Crippen MR) is 84.8 cm³/mol. The predicted octanol–water partition coefficient (Wildman–Crippen LogP) is 0.300. The molecule has 2 unspecified atom stereocenters. The number of amides is 2. The fraction of sp³-hybridized carbons (Fsp3) is 0.812. The van der Waals surface area contributed by atoms with E-state index in [0.29, 0.717) is 25.6 Å². The molecule has 7 nitrogen and oxygen atoms in total. The van der Waals surface area contributed by atoms with Crippen molar-refractivity contribution in [2.75, 3.05) is 32.7 Å². The van der Waals surface area contributed by atoms with Gasteiger partial charge in [0.25, 0.3) is 0 Å². The normalized spacial score (nSPS) is 25.1. The largest absolute Gasteiger partial charge is 0.481 e. The number of likely N-dealkylation sites (N-methyl/N-ethyl adjacent to an activating group) is 1. The summed E-state index contributed by atoms with van der Waals surface area (Å²) in [5.41, 5.74) is 0. The molecular formula is C16H27N3O4. The fourth-order valence-electron chi connectivity index (χ4n) is 3.49. The van der Waals surface area contributed by atoms with Crippen molar-refractivity contribution in [2.24, 2.45) is 5.92 Å². The molecule has 2 fully saturated rings. The lowest BCUT2D eigenvalue weighted by molar-refractivity contribution is -0.137. The minimum Gasteiger partial charge on any atom is -0.481 e. The Morgan fingerprint density at radius 3 is 2.87 bits per heavy atom. The highest BCUT2D eigenvalue weighted by atomic mass is 16.4. The van der Waals surface area contributed by atoms with Gasteiger partial charge in [-0.1, -0.05) is 6.92 Å². The lowest BCUT2D eigenvalue weighted by Gasteiger charge is -2.27. The summed E-state index contributed by atoms with van der Waals surface area (Å²) in [6, 6.07) is 0.418. The van der Waals surface area contributed by atoms with Gasteiger partial charge in [0.15, 0.2) is 0 Å². The van der Waals surface area contributed by atoms with Gasteiger partial charge in [-0.05, 0) is 32.4 Å². The Bertz CT molecular complexity index is 455. The first kappa shape index (κ1) is 17.7. The summed E-state index contributed by atoms with van der Waals surface area (Å²) in [6.07, 6.45) is 3.02. The van der Waals surface area contributed by atoms with Crippen LogP contribution in [0.15, 0.2) is 0 Å². The first-order valence-electron chi connectivity index (χ1n) is 8.52. The van der Waals surface area contributed by atoms with Gasteiger partial charge in [-0.3, -0.25) is 19.3 Å². The van der Waals surface area contributed by atoms with E-state index in [-0.39, 0.29) is 30.6 Å². The van der Waals surface area contributed by atoms with E-state index in [1.54, 1.807) is 0 Å². The molecule has 2 atom stereocenters. The second-order valence-electron chi connectivity index (χ2n) is 6.41. The third-order valence-electron chi connectivity index (χ3n) is 4.79. The van der Waals surface area contributed by atoms with Crippen molar-refractivity contribution in [3.63, 3.8) is 0 Å². The smallest absolute Gasteiger partial charge is 0.303 e. The van der Waals surface area contributed by atoms with Crippen molar-refractivity contribution in [3.05, 3.63) is 0 Å². The van der Waals surface area contributed by atoms with Crippen LogP contribution < -0.4 is 5.32 Å². The van der Waals surface area contributed by atoms with Gasteiger partial charge in [0.1, 0.15) is 0 Å². The molecule has 0 radical (unpaired) electrons. The molecular weight excluding hydrogens is 298 g/mol. The van der Waals surface area contributed by atoms with Crippen LogP contribution in [-0.4, -0.2) is 71.5 Å². The summed E-state index contributed by atoms with van der Waals surface area (Å²) in [4.78, 5) is 38.9. The maximum atomic E-state index is 12.1. The number of hydrogen-bond acceptors (Lipinski definition) is 4. The molecule has 130 valence electrons. The van der Waals surface area contributed by atoms with E-state index in [2.05, 4.69) is 17.1 Å². The van der Waals surface area contributed by atoms with Crippen molar-refractivity contribution in [3.8, 4) is 0 Å². The molecule has 0 bridgehead atoms. The molecule has 2 heterocycles. The highest BCUT2D eigenvalue weighted by Crippen LogP contribution is 2.23. The van der Waals surface area contributed by atoms with Crippen LogP contribution in [0.4, 0.5) is 0 Å². The van der Waals surface area contributed by atoms with E-state index in [9.17, 15) is 14.4 Å². The number of carbonyl (C=O) groups is 3. The summed E-state index contributed by atoms with van der Waals surface area (Å²) in [5.74, 6) is -1.24. The fourth-order valence-corrected chi connectivity index (χ4v) is 3.49. The molecule has 2 aliphatic heterocycles. The molecule has 0 aliphatic carbocycles. The minimum atomic E-state index is -0.862. The number of aliphatic carboxylic acids is 1. The van der Waals surface area contributed by atoms with E-state index < -0.39 is 5.97 Å². The molecule has 2 amide bonds. The molecule has 7 heteroatoms. The van der Waals surface area contributed by atoms with Crippen LogP contribution in [0.1, 0.15) is 39.0 Å². The zero-order chi connectivity index (χ0) is 16.8. The van der Waals surface area contributed by atoms with E-state index in [1.807, 2.05) is 4.90 Å². The first-order chi connectivity index (χ1) is 11.0. The van der Waals surface area contributed by atoms with Crippen LogP contribution >= 0.6 is 0 Å². The van der Waals surface area contributed by atoms with Gasteiger partial charge in [0, 0.05) is 38.5 Å². The topological polar surface area (TPSA) is 89.9 Å². The molecule has 0 aromatic carbocycles. The summed E-state index contributed by atoms with van der Waals surface area (Å²) in [6.45, 7) is 5.78. The Kier molecular flexibility index (Phi) is 6.38. The maximum Gasteiger partial charge on any atom is 0.303 e. The average Bonchev–Trinajstić information content (AvgIpc) is 3.10. The zero-order valence-electron chi connectivity index (χ0n) is 13.8. The third-order valence-corrected chi connectivity index (χ3v) is 4.79. The maximum absolute atomic E-state index is 12.1. The SMILES string of the molecule is CCN1CCCC1CN1CC(C(=O)NCCCC(=O)O)CC1=O. The van der Waals surface area contributed by atoms with Gasteiger partial charge in [-0.2, -0.15) is 0 Å². The van der Waals surface area contributed by atoms with Crippen molar-refractivity contribution in [1.29, 1.82) is 0 Å². The van der Waals surface area contributed by atoms with Crippen molar-refractivity contribution in [1.82, 2.24) is 15.1 Å². The van der Waals surface area contributed by atoms with Crippen LogP contribution in [0.3, 0.4) is 0 Å². The second-order valence-corrected chi connectivity index (χ2v) is 6.41. The number of carboxylic acids is 1. The van der Waals surface area contributed by atoms with Crippen molar-refractivity contribution in [2.45, 2.75) is 45.1 Å². The molecule has 0 aromatic heterocycles. The molecule has 0 spiro atoms. The number of hydrogen-bond donors (Lipinski definition) is 2. The van der Waals surface area contributed by atoms with E-state index in [1.165, 1.54) is 6.42 Å².